The fraction of sp³-hybridized carbons (Fsp3) is 0.500. The average molecular weight is 287 g/mol. The summed E-state index contributed by atoms with van der Waals surface area (Å²) in [7, 11) is -3.55. The third-order valence-corrected chi connectivity index (χ3v) is 4.97. The number of nitro groups is 1. The summed E-state index contributed by atoms with van der Waals surface area (Å²) in [4.78, 5) is 10.3. The lowest BCUT2D eigenvalue weighted by atomic mass is 10.1. The van der Waals surface area contributed by atoms with E-state index in [4.69, 9.17) is 9.05 Å². The predicted octanol–water partition coefficient (Wildman–Crippen LogP) is 3.27. The fourth-order valence-electron chi connectivity index (χ4n) is 1.78. The Bertz CT molecular complexity index is 441. The van der Waals surface area contributed by atoms with Crippen molar-refractivity contribution in [2.75, 3.05) is 19.8 Å². The smallest absolute Gasteiger partial charge is 0.308 e. The van der Waals surface area contributed by atoms with Crippen molar-refractivity contribution in [3.63, 3.8) is 0 Å². The summed E-state index contributed by atoms with van der Waals surface area (Å²) in [6.07, 6.45) is 0. The summed E-state index contributed by atoms with van der Waals surface area (Å²) in [5.74, 6) is 0. The Kier molecular flexibility index (Phi) is 6.15. The van der Waals surface area contributed by atoms with Crippen LogP contribution in [0.25, 0.3) is 0 Å². The number of nitrogens with zero attached hydrogens (tertiary/aromatic N) is 1. The molecule has 0 fully saturated rings. The van der Waals surface area contributed by atoms with Crippen LogP contribution in [-0.4, -0.2) is 24.7 Å². The molecule has 0 aromatic heterocycles. The van der Waals surface area contributed by atoms with Gasteiger partial charge in [-0.05, 0) is 19.4 Å². The largest absolute Gasteiger partial charge is 0.344 e. The highest BCUT2D eigenvalue weighted by Crippen LogP contribution is 2.60. The maximum absolute atomic E-state index is 12.7. The number of hydrogen-bond donors (Lipinski definition) is 0. The Morgan fingerprint density at radius 2 is 1.74 bits per heavy atom. The standard InChI is InChI=1S/C12H18NO5P/c1-3-17-19(16,18-4-2)12(10-13(14)15)11-8-6-5-7-9-11/h5-9,12H,3-4,10H2,1-2H3. The zero-order valence-electron chi connectivity index (χ0n) is 11.0. The normalized spacial score (nSPS) is 13.2. The van der Waals surface area contributed by atoms with Crippen molar-refractivity contribution in [3.05, 3.63) is 46.0 Å². The lowest BCUT2D eigenvalue weighted by molar-refractivity contribution is -0.480. The molecule has 0 aliphatic heterocycles. The van der Waals surface area contributed by atoms with E-state index in [-0.39, 0.29) is 13.2 Å². The Balaban J connectivity index is 3.14. The first-order valence-electron chi connectivity index (χ1n) is 6.09. The molecule has 1 rings (SSSR count). The SMILES string of the molecule is CCOP(=O)(OCC)C(C[N+](=O)[O-])c1ccccc1. The van der Waals surface area contributed by atoms with Gasteiger partial charge in [0, 0.05) is 4.92 Å². The molecule has 1 aromatic carbocycles. The van der Waals surface area contributed by atoms with E-state index in [1.165, 1.54) is 0 Å². The predicted molar refractivity (Wildman–Crippen MR) is 71.9 cm³/mol. The lowest BCUT2D eigenvalue weighted by Crippen LogP contribution is -2.16. The van der Waals surface area contributed by atoms with Crippen LogP contribution in [0.3, 0.4) is 0 Å². The second kappa shape index (κ2) is 7.38. The van der Waals surface area contributed by atoms with E-state index in [2.05, 4.69) is 0 Å². The molecule has 6 nitrogen and oxygen atoms in total. The molecular formula is C12H18NO5P. The van der Waals surface area contributed by atoms with E-state index in [9.17, 15) is 14.7 Å². The van der Waals surface area contributed by atoms with Crippen LogP contribution < -0.4 is 0 Å². The summed E-state index contributed by atoms with van der Waals surface area (Å²) in [6.45, 7) is 3.23. The van der Waals surface area contributed by atoms with Gasteiger partial charge in [-0.2, -0.15) is 0 Å². The number of rotatable bonds is 8. The van der Waals surface area contributed by atoms with Crippen molar-refractivity contribution < 1.29 is 18.5 Å². The second-order valence-corrected chi connectivity index (χ2v) is 6.04. The van der Waals surface area contributed by atoms with Crippen LogP contribution in [0.4, 0.5) is 0 Å². The van der Waals surface area contributed by atoms with Gasteiger partial charge in [0.1, 0.15) is 0 Å². The molecule has 0 saturated carbocycles. The summed E-state index contributed by atoms with van der Waals surface area (Å²) < 4.78 is 23.1. The van der Waals surface area contributed by atoms with Crippen LogP contribution in [-0.2, 0) is 13.6 Å². The molecule has 106 valence electrons. The average Bonchev–Trinajstić information content (AvgIpc) is 2.37. The van der Waals surface area contributed by atoms with E-state index < -0.39 is 24.7 Å². The molecule has 0 aliphatic carbocycles. The molecule has 0 spiro atoms. The maximum Gasteiger partial charge on any atom is 0.344 e. The summed E-state index contributed by atoms with van der Waals surface area (Å²) in [6, 6.07) is 8.66. The van der Waals surface area contributed by atoms with Gasteiger partial charge in [0.2, 0.25) is 6.54 Å². The van der Waals surface area contributed by atoms with Crippen LogP contribution in [0.15, 0.2) is 30.3 Å². The lowest BCUT2D eigenvalue weighted by Gasteiger charge is -2.23. The van der Waals surface area contributed by atoms with Crippen molar-refractivity contribution in [1.29, 1.82) is 0 Å². The Hall–Kier alpha value is -1.23. The van der Waals surface area contributed by atoms with E-state index >= 15 is 0 Å². The van der Waals surface area contributed by atoms with E-state index in [1.807, 2.05) is 0 Å². The highest BCUT2D eigenvalue weighted by Gasteiger charge is 2.40. The third kappa shape index (κ3) is 4.42. The molecule has 0 radical (unpaired) electrons. The number of hydrogen-bond acceptors (Lipinski definition) is 5. The summed E-state index contributed by atoms with van der Waals surface area (Å²) >= 11 is 0. The van der Waals surface area contributed by atoms with Crippen molar-refractivity contribution in [2.24, 2.45) is 0 Å². The maximum atomic E-state index is 12.7. The first kappa shape index (κ1) is 15.8. The molecule has 7 heteroatoms. The molecule has 1 aromatic rings. The third-order valence-electron chi connectivity index (χ3n) is 2.51. The zero-order valence-corrected chi connectivity index (χ0v) is 11.9. The van der Waals surface area contributed by atoms with Gasteiger partial charge in [-0.1, -0.05) is 30.3 Å². The summed E-state index contributed by atoms with van der Waals surface area (Å²) in [5, 5.41) is 10.8. The monoisotopic (exact) mass is 287 g/mol. The van der Waals surface area contributed by atoms with E-state index in [0.717, 1.165) is 0 Å². The molecule has 0 amide bonds. The van der Waals surface area contributed by atoms with Crippen LogP contribution >= 0.6 is 7.60 Å². The Morgan fingerprint density at radius 1 is 1.21 bits per heavy atom. The molecule has 0 saturated heterocycles. The molecule has 1 unspecified atom stereocenters. The van der Waals surface area contributed by atoms with Crippen molar-refractivity contribution >= 4 is 7.60 Å². The molecular weight excluding hydrogens is 269 g/mol. The molecule has 0 N–H and O–H groups in total. The minimum atomic E-state index is -3.55. The van der Waals surface area contributed by atoms with Crippen molar-refractivity contribution in [2.45, 2.75) is 19.5 Å². The Labute approximate surface area is 112 Å². The van der Waals surface area contributed by atoms with Gasteiger partial charge < -0.3 is 9.05 Å². The van der Waals surface area contributed by atoms with Crippen molar-refractivity contribution in [3.8, 4) is 0 Å². The van der Waals surface area contributed by atoms with Gasteiger partial charge in [0.15, 0.2) is 5.66 Å². The zero-order chi connectivity index (χ0) is 14.3. The van der Waals surface area contributed by atoms with Gasteiger partial charge in [-0.3, -0.25) is 14.7 Å². The minimum Gasteiger partial charge on any atom is -0.308 e. The number of benzene rings is 1. The van der Waals surface area contributed by atoms with Crippen LogP contribution in [0.2, 0.25) is 0 Å². The summed E-state index contributed by atoms with van der Waals surface area (Å²) in [5.41, 5.74) is -0.298. The molecule has 1 atom stereocenters. The molecule has 0 aliphatic rings. The first-order valence-corrected chi connectivity index (χ1v) is 7.70. The fourth-order valence-corrected chi connectivity index (χ4v) is 3.81. The van der Waals surface area contributed by atoms with Gasteiger partial charge in [-0.15, -0.1) is 0 Å². The van der Waals surface area contributed by atoms with Gasteiger partial charge in [0.05, 0.1) is 13.2 Å². The second-order valence-electron chi connectivity index (χ2n) is 3.82. The van der Waals surface area contributed by atoms with Gasteiger partial charge in [0.25, 0.3) is 0 Å². The quantitative estimate of drug-likeness (QED) is 0.416. The van der Waals surface area contributed by atoms with Crippen LogP contribution in [0.5, 0.6) is 0 Å². The van der Waals surface area contributed by atoms with Crippen LogP contribution in [0, 0.1) is 10.1 Å². The topological polar surface area (TPSA) is 78.7 Å². The van der Waals surface area contributed by atoms with E-state index in [1.54, 1.807) is 44.2 Å². The van der Waals surface area contributed by atoms with E-state index in [0.29, 0.717) is 5.56 Å². The van der Waals surface area contributed by atoms with Crippen LogP contribution in [0.1, 0.15) is 25.1 Å². The van der Waals surface area contributed by atoms with Crippen molar-refractivity contribution in [1.82, 2.24) is 0 Å². The highest BCUT2D eigenvalue weighted by atomic mass is 31.2. The minimum absolute atomic E-state index is 0.179. The van der Waals surface area contributed by atoms with Gasteiger partial charge >= 0.3 is 7.60 Å². The highest BCUT2D eigenvalue weighted by molar-refractivity contribution is 7.54. The first-order chi connectivity index (χ1) is 9.03. The Morgan fingerprint density at radius 3 is 2.16 bits per heavy atom. The van der Waals surface area contributed by atoms with Gasteiger partial charge in [-0.25, -0.2) is 0 Å². The molecule has 0 bridgehead atoms. The molecule has 0 heterocycles. The molecule has 19 heavy (non-hydrogen) atoms.